The quantitative estimate of drug-likeness (QED) is 0.477. The van der Waals surface area contributed by atoms with Crippen LogP contribution in [0.25, 0.3) is 10.8 Å². The molecule has 2 N–H and O–H groups in total. The first-order valence-electron chi connectivity index (χ1n) is 9.28. The molecule has 1 amide bonds. The number of nitro groups is 1. The maximum Gasteiger partial charge on any atom is 0.279 e. The largest absolute Gasteiger partial charge is 0.497 e. The monoisotopic (exact) mass is 394 g/mol. The number of nitrogens with zero attached hydrogens (tertiary/aromatic N) is 1. The molecule has 29 heavy (non-hydrogen) atoms. The fourth-order valence-electron chi connectivity index (χ4n) is 3.25. The summed E-state index contributed by atoms with van der Waals surface area (Å²) in [6.45, 7) is 2.74. The summed E-state index contributed by atoms with van der Waals surface area (Å²) in [5.74, 6) is 0.637. The smallest absolute Gasteiger partial charge is 0.279 e. The molecule has 0 heterocycles. The number of aryl methyl sites for hydroxylation is 1. The van der Waals surface area contributed by atoms with Crippen LogP contribution in [-0.4, -0.2) is 31.5 Å². The second-order valence-corrected chi connectivity index (χ2v) is 7.16. The van der Waals surface area contributed by atoms with Gasteiger partial charge in [-0.25, -0.2) is 0 Å². The van der Waals surface area contributed by atoms with E-state index < -0.39 is 4.92 Å². The second kappa shape index (κ2) is 8.70. The van der Waals surface area contributed by atoms with Crippen molar-refractivity contribution in [3.05, 3.63) is 75.8 Å². The van der Waals surface area contributed by atoms with Gasteiger partial charge in [0.15, 0.2) is 6.54 Å². The molecule has 0 aliphatic rings. The fourth-order valence-corrected chi connectivity index (χ4v) is 3.25. The van der Waals surface area contributed by atoms with E-state index in [2.05, 4.69) is 11.4 Å². The lowest BCUT2D eigenvalue weighted by Crippen LogP contribution is -3.08. The number of hydrogen-bond donors (Lipinski definition) is 2. The van der Waals surface area contributed by atoms with E-state index in [9.17, 15) is 14.9 Å². The van der Waals surface area contributed by atoms with Crippen molar-refractivity contribution in [2.24, 2.45) is 0 Å². The molecule has 0 spiro atoms. The summed E-state index contributed by atoms with van der Waals surface area (Å²) < 4.78 is 5.25. The van der Waals surface area contributed by atoms with Gasteiger partial charge in [0.2, 0.25) is 0 Å². The molecule has 0 radical (unpaired) electrons. The van der Waals surface area contributed by atoms with Crippen molar-refractivity contribution in [3.63, 3.8) is 0 Å². The maximum atomic E-state index is 12.4. The van der Waals surface area contributed by atoms with Gasteiger partial charge in [0.05, 0.1) is 24.8 Å². The number of non-ortho nitro benzene ring substituents is 1. The van der Waals surface area contributed by atoms with Crippen LogP contribution in [0.15, 0.2) is 54.6 Å². The molecule has 0 saturated heterocycles. The summed E-state index contributed by atoms with van der Waals surface area (Å²) in [5.41, 5.74) is 2.34. The molecule has 7 nitrogen and oxygen atoms in total. The molecule has 0 saturated carbocycles. The number of hydrogen-bond acceptors (Lipinski definition) is 4. The van der Waals surface area contributed by atoms with Gasteiger partial charge in [0, 0.05) is 17.7 Å². The molecular weight excluding hydrogens is 370 g/mol. The van der Waals surface area contributed by atoms with Crippen LogP contribution in [0.5, 0.6) is 5.75 Å². The van der Waals surface area contributed by atoms with Gasteiger partial charge in [0.1, 0.15) is 12.3 Å². The number of likely N-dealkylation sites (N-methyl/N-ethyl adjacent to an activating group) is 1. The van der Waals surface area contributed by atoms with Crippen molar-refractivity contribution in [1.29, 1.82) is 0 Å². The van der Waals surface area contributed by atoms with Gasteiger partial charge >= 0.3 is 0 Å². The van der Waals surface area contributed by atoms with Crippen LogP contribution >= 0.6 is 0 Å². The number of anilines is 1. The molecule has 3 aromatic carbocycles. The number of nitrogens with one attached hydrogen (secondary N) is 2. The number of carbonyl (C=O) groups excluding carboxylic acids is 1. The predicted octanol–water partition coefficient (Wildman–Crippen LogP) is 2.72. The molecule has 0 aliphatic carbocycles. The van der Waals surface area contributed by atoms with E-state index in [0.29, 0.717) is 12.2 Å². The number of fused-ring (bicyclic) bond motifs is 1. The maximum absolute atomic E-state index is 12.4. The minimum absolute atomic E-state index is 0.0422. The molecule has 7 heteroatoms. The number of nitro benzene ring substituents is 1. The highest BCUT2D eigenvalue weighted by Crippen LogP contribution is 2.22. The fraction of sp³-hybridized carbons (Fsp3) is 0.227. The SMILES string of the molecule is COc1ccc2cc(C[NH+](C)CC(=O)Nc3cc([N+](=O)[O-])ccc3C)ccc2c1. The zero-order valence-electron chi connectivity index (χ0n) is 16.7. The molecule has 3 rings (SSSR count). The van der Waals surface area contributed by atoms with E-state index in [-0.39, 0.29) is 18.1 Å². The standard InChI is InChI=1S/C22H23N3O4/c1-15-4-8-19(25(27)28)12-21(15)23-22(26)14-24(2)13-16-5-6-18-11-20(29-3)9-7-17(18)10-16/h4-12H,13-14H2,1-3H3,(H,23,26)/p+1. The minimum Gasteiger partial charge on any atom is -0.497 e. The molecule has 0 fully saturated rings. The Balaban J connectivity index is 1.64. The molecule has 1 atom stereocenters. The third-order valence-corrected chi connectivity index (χ3v) is 4.79. The third kappa shape index (κ3) is 5.08. The van der Waals surface area contributed by atoms with Gasteiger partial charge in [-0.1, -0.05) is 24.3 Å². The Hall–Kier alpha value is -3.45. The average molecular weight is 394 g/mol. The van der Waals surface area contributed by atoms with E-state index in [1.165, 1.54) is 12.1 Å². The van der Waals surface area contributed by atoms with Crippen LogP contribution in [0.1, 0.15) is 11.1 Å². The Morgan fingerprint density at radius 2 is 1.83 bits per heavy atom. The number of carbonyl (C=O) groups is 1. The number of benzene rings is 3. The summed E-state index contributed by atoms with van der Waals surface area (Å²) in [6, 6.07) is 16.6. The van der Waals surface area contributed by atoms with Crippen LogP contribution in [-0.2, 0) is 11.3 Å². The van der Waals surface area contributed by atoms with E-state index in [4.69, 9.17) is 4.74 Å². The van der Waals surface area contributed by atoms with Gasteiger partial charge in [-0.15, -0.1) is 0 Å². The number of methoxy groups -OCH3 is 1. The lowest BCUT2D eigenvalue weighted by Gasteiger charge is -2.15. The highest BCUT2D eigenvalue weighted by atomic mass is 16.6. The number of amides is 1. The van der Waals surface area contributed by atoms with Crippen LogP contribution in [0.4, 0.5) is 11.4 Å². The van der Waals surface area contributed by atoms with Gasteiger partial charge in [-0.05, 0) is 41.5 Å². The highest BCUT2D eigenvalue weighted by molar-refractivity contribution is 5.92. The van der Waals surface area contributed by atoms with Crippen molar-refractivity contribution >= 4 is 28.1 Å². The first kappa shape index (κ1) is 20.3. The summed E-state index contributed by atoms with van der Waals surface area (Å²) in [4.78, 5) is 23.9. The summed E-state index contributed by atoms with van der Waals surface area (Å²) in [5, 5.41) is 15.9. The zero-order chi connectivity index (χ0) is 21.0. The van der Waals surface area contributed by atoms with Crippen molar-refractivity contribution in [1.82, 2.24) is 0 Å². The van der Waals surface area contributed by atoms with Crippen molar-refractivity contribution < 1.29 is 19.4 Å². The van der Waals surface area contributed by atoms with E-state index in [1.807, 2.05) is 37.4 Å². The second-order valence-electron chi connectivity index (χ2n) is 7.16. The zero-order valence-corrected chi connectivity index (χ0v) is 16.7. The Bertz CT molecular complexity index is 1070. The molecule has 1 unspecified atom stereocenters. The molecule has 0 bridgehead atoms. The Labute approximate surface area is 169 Å². The molecular formula is C22H24N3O4+. The minimum atomic E-state index is -0.470. The first-order valence-corrected chi connectivity index (χ1v) is 9.28. The average Bonchev–Trinajstić information content (AvgIpc) is 2.68. The van der Waals surface area contributed by atoms with Crippen molar-refractivity contribution in [2.45, 2.75) is 13.5 Å². The van der Waals surface area contributed by atoms with Crippen molar-refractivity contribution in [3.8, 4) is 5.75 Å². The summed E-state index contributed by atoms with van der Waals surface area (Å²) in [6.07, 6.45) is 0. The first-order chi connectivity index (χ1) is 13.9. The lowest BCUT2D eigenvalue weighted by atomic mass is 10.1. The Morgan fingerprint density at radius 1 is 1.10 bits per heavy atom. The van der Waals surface area contributed by atoms with Crippen LogP contribution < -0.4 is 15.0 Å². The lowest BCUT2D eigenvalue weighted by molar-refractivity contribution is -0.885. The topological polar surface area (TPSA) is 85.9 Å². The van der Waals surface area contributed by atoms with E-state index in [0.717, 1.165) is 32.5 Å². The number of rotatable bonds is 7. The molecule has 3 aromatic rings. The predicted molar refractivity (Wildman–Crippen MR) is 112 cm³/mol. The normalized spacial score (nSPS) is 11.8. The highest BCUT2D eigenvalue weighted by Gasteiger charge is 2.15. The number of ether oxygens (including phenoxy) is 1. The van der Waals surface area contributed by atoms with Gasteiger partial charge in [0.25, 0.3) is 11.6 Å². The van der Waals surface area contributed by atoms with Gasteiger partial charge in [-0.2, -0.15) is 0 Å². The van der Waals surface area contributed by atoms with Crippen molar-refractivity contribution in [2.75, 3.05) is 26.0 Å². The van der Waals surface area contributed by atoms with E-state index >= 15 is 0 Å². The van der Waals surface area contributed by atoms with Gasteiger partial charge < -0.3 is 15.0 Å². The van der Waals surface area contributed by atoms with Gasteiger partial charge in [-0.3, -0.25) is 14.9 Å². The molecule has 0 aromatic heterocycles. The number of quaternary nitrogens is 1. The summed E-state index contributed by atoms with van der Waals surface area (Å²) in [7, 11) is 3.59. The Kier molecular flexibility index (Phi) is 6.09. The molecule has 150 valence electrons. The van der Waals surface area contributed by atoms with Crippen LogP contribution in [0, 0.1) is 17.0 Å². The summed E-state index contributed by atoms with van der Waals surface area (Å²) >= 11 is 0. The Morgan fingerprint density at radius 3 is 2.55 bits per heavy atom. The van der Waals surface area contributed by atoms with E-state index in [1.54, 1.807) is 20.1 Å². The third-order valence-electron chi connectivity index (χ3n) is 4.79. The van der Waals surface area contributed by atoms with Crippen LogP contribution in [0.3, 0.4) is 0 Å². The molecule has 0 aliphatic heterocycles. The van der Waals surface area contributed by atoms with Crippen LogP contribution in [0.2, 0.25) is 0 Å².